The molecule has 5 nitrogen and oxygen atoms in total. The van der Waals surface area contributed by atoms with Crippen molar-refractivity contribution in [2.75, 3.05) is 20.3 Å². The fourth-order valence-electron chi connectivity index (χ4n) is 2.59. The van der Waals surface area contributed by atoms with Crippen molar-refractivity contribution >= 4 is 5.97 Å². The molecule has 0 aromatic heterocycles. The van der Waals surface area contributed by atoms with Gasteiger partial charge in [-0.25, -0.2) is 4.79 Å². The molecule has 0 N–H and O–H groups in total. The number of methoxy groups -OCH3 is 1. The summed E-state index contributed by atoms with van der Waals surface area (Å²) in [5.74, 6) is 0.439. The molecule has 2 atom stereocenters. The lowest BCUT2D eigenvalue weighted by Gasteiger charge is -2.19. The Labute approximate surface area is 153 Å². The highest BCUT2D eigenvalue weighted by Gasteiger charge is 2.24. The maximum absolute atomic E-state index is 11.5. The normalized spacial score (nSPS) is 16.8. The number of carbonyl (C=O) groups is 1. The molecular formula is C21H24O5. The first kappa shape index (κ1) is 18.4. The van der Waals surface area contributed by atoms with Gasteiger partial charge in [0.05, 0.1) is 25.9 Å². The molecule has 0 saturated carbocycles. The molecule has 2 aromatic carbocycles. The first-order valence-corrected chi connectivity index (χ1v) is 8.88. The summed E-state index contributed by atoms with van der Waals surface area (Å²) >= 11 is 0. The van der Waals surface area contributed by atoms with Crippen molar-refractivity contribution in [3.05, 3.63) is 54.1 Å². The molecule has 2 aromatic rings. The summed E-state index contributed by atoms with van der Waals surface area (Å²) in [6.45, 7) is 3.46. The molecule has 1 saturated heterocycles. The Morgan fingerprint density at radius 3 is 2.27 bits per heavy atom. The van der Waals surface area contributed by atoms with Crippen LogP contribution in [0, 0.1) is 0 Å². The van der Waals surface area contributed by atoms with Crippen LogP contribution in [0.4, 0.5) is 0 Å². The quantitative estimate of drug-likeness (QED) is 0.385. The van der Waals surface area contributed by atoms with Crippen LogP contribution < -0.4 is 4.74 Å². The van der Waals surface area contributed by atoms with Crippen LogP contribution in [-0.2, 0) is 14.2 Å². The van der Waals surface area contributed by atoms with E-state index < -0.39 is 0 Å². The number of hydrogen-bond acceptors (Lipinski definition) is 5. The van der Waals surface area contributed by atoms with E-state index in [-0.39, 0.29) is 18.4 Å². The SMILES string of the molecule is CCCC(OCC1CO1)Oc1ccc(-c2ccc(C(=O)OC)cc2)cc1. The van der Waals surface area contributed by atoms with E-state index in [1.807, 2.05) is 36.4 Å². The molecule has 0 spiro atoms. The minimum atomic E-state index is -0.334. The molecule has 3 rings (SSSR count). The number of benzene rings is 2. The molecule has 1 aliphatic heterocycles. The topological polar surface area (TPSA) is 57.3 Å². The van der Waals surface area contributed by atoms with Gasteiger partial charge in [0, 0.05) is 6.42 Å². The van der Waals surface area contributed by atoms with Crippen LogP contribution in [0.3, 0.4) is 0 Å². The molecule has 0 radical (unpaired) electrons. The highest BCUT2D eigenvalue weighted by atomic mass is 16.7. The summed E-state index contributed by atoms with van der Waals surface area (Å²) in [4.78, 5) is 11.5. The maximum atomic E-state index is 11.5. The van der Waals surface area contributed by atoms with E-state index in [4.69, 9.17) is 18.9 Å². The van der Waals surface area contributed by atoms with Gasteiger partial charge in [0.25, 0.3) is 0 Å². The van der Waals surface area contributed by atoms with Crippen LogP contribution in [0.15, 0.2) is 48.5 Å². The van der Waals surface area contributed by atoms with Crippen molar-refractivity contribution in [2.45, 2.75) is 32.2 Å². The second-order valence-electron chi connectivity index (χ2n) is 6.22. The summed E-state index contributed by atoms with van der Waals surface area (Å²) in [6.07, 6.45) is 1.80. The Balaban J connectivity index is 1.62. The highest BCUT2D eigenvalue weighted by Crippen LogP contribution is 2.24. The van der Waals surface area contributed by atoms with Crippen LogP contribution in [0.25, 0.3) is 11.1 Å². The maximum Gasteiger partial charge on any atom is 0.337 e. The number of hydrogen-bond donors (Lipinski definition) is 0. The summed E-state index contributed by atoms with van der Waals surface area (Å²) < 4.78 is 21.6. The summed E-state index contributed by atoms with van der Waals surface area (Å²) in [5, 5.41) is 0. The molecule has 5 heteroatoms. The van der Waals surface area contributed by atoms with E-state index in [9.17, 15) is 4.79 Å². The van der Waals surface area contributed by atoms with Gasteiger partial charge >= 0.3 is 5.97 Å². The van der Waals surface area contributed by atoms with Crippen LogP contribution >= 0.6 is 0 Å². The van der Waals surface area contributed by atoms with Gasteiger partial charge in [0.1, 0.15) is 11.9 Å². The van der Waals surface area contributed by atoms with Crippen LogP contribution in [0.1, 0.15) is 30.1 Å². The molecule has 1 aliphatic rings. The van der Waals surface area contributed by atoms with Gasteiger partial charge in [0.2, 0.25) is 0 Å². The lowest BCUT2D eigenvalue weighted by atomic mass is 10.0. The third-order valence-corrected chi connectivity index (χ3v) is 4.16. The van der Waals surface area contributed by atoms with E-state index in [0.717, 1.165) is 36.3 Å². The standard InChI is InChI=1S/C21H24O5/c1-3-4-20(25-14-19-13-24-19)26-18-11-9-16(10-12-18)15-5-7-17(8-6-15)21(22)23-2/h5-12,19-20H,3-4,13-14H2,1-2H3. The first-order valence-electron chi connectivity index (χ1n) is 8.88. The average molecular weight is 356 g/mol. The predicted octanol–water partition coefficient (Wildman–Crippen LogP) is 4.06. The van der Waals surface area contributed by atoms with Gasteiger partial charge in [-0.05, 0) is 35.4 Å². The van der Waals surface area contributed by atoms with Crippen molar-refractivity contribution in [3.8, 4) is 16.9 Å². The average Bonchev–Trinajstić information content (AvgIpc) is 3.51. The van der Waals surface area contributed by atoms with E-state index in [0.29, 0.717) is 12.2 Å². The van der Waals surface area contributed by atoms with Crippen molar-refractivity contribution < 1.29 is 23.7 Å². The predicted molar refractivity (Wildman–Crippen MR) is 98.2 cm³/mol. The zero-order chi connectivity index (χ0) is 18.4. The van der Waals surface area contributed by atoms with Gasteiger partial charge in [-0.1, -0.05) is 37.6 Å². The molecule has 0 bridgehead atoms. The largest absolute Gasteiger partial charge is 0.465 e. The third kappa shape index (κ3) is 5.07. The second kappa shape index (κ2) is 8.83. The van der Waals surface area contributed by atoms with E-state index in [2.05, 4.69) is 6.92 Å². The molecule has 1 fully saturated rings. The smallest absolute Gasteiger partial charge is 0.337 e. The number of carbonyl (C=O) groups excluding carboxylic acids is 1. The second-order valence-corrected chi connectivity index (χ2v) is 6.22. The third-order valence-electron chi connectivity index (χ3n) is 4.16. The van der Waals surface area contributed by atoms with Crippen molar-refractivity contribution in [3.63, 3.8) is 0 Å². The Morgan fingerprint density at radius 1 is 1.12 bits per heavy atom. The molecule has 138 valence electrons. The fourth-order valence-corrected chi connectivity index (χ4v) is 2.59. The van der Waals surface area contributed by atoms with Gasteiger partial charge in [-0.3, -0.25) is 0 Å². The molecule has 0 aliphatic carbocycles. The monoisotopic (exact) mass is 356 g/mol. The molecule has 0 amide bonds. The van der Waals surface area contributed by atoms with E-state index in [1.165, 1.54) is 7.11 Å². The molecular weight excluding hydrogens is 332 g/mol. The molecule has 1 heterocycles. The van der Waals surface area contributed by atoms with Crippen LogP contribution in [0.2, 0.25) is 0 Å². The Hall–Kier alpha value is -2.37. The van der Waals surface area contributed by atoms with Gasteiger partial charge in [-0.2, -0.15) is 0 Å². The summed E-state index contributed by atoms with van der Waals surface area (Å²) in [7, 11) is 1.38. The summed E-state index contributed by atoms with van der Waals surface area (Å²) in [6, 6.07) is 15.2. The van der Waals surface area contributed by atoms with E-state index in [1.54, 1.807) is 12.1 Å². The lowest BCUT2D eigenvalue weighted by molar-refractivity contribution is -0.0885. The fraction of sp³-hybridized carbons (Fsp3) is 0.381. The number of epoxide rings is 1. The van der Waals surface area contributed by atoms with Gasteiger partial charge in [0.15, 0.2) is 6.29 Å². The molecule has 2 unspecified atom stereocenters. The van der Waals surface area contributed by atoms with Crippen molar-refractivity contribution in [1.29, 1.82) is 0 Å². The number of esters is 1. The van der Waals surface area contributed by atoms with E-state index >= 15 is 0 Å². The van der Waals surface area contributed by atoms with Crippen molar-refractivity contribution in [2.24, 2.45) is 0 Å². The number of rotatable bonds is 9. The zero-order valence-electron chi connectivity index (χ0n) is 15.1. The zero-order valence-corrected chi connectivity index (χ0v) is 15.1. The molecule has 26 heavy (non-hydrogen) atoms. The van der Waals surface area contributed by atoms with Crippen LogP contribution in [0.5, 0.6) is 5.75 Å². The Kier molecular flexibility index (Phi) is 6.26. The van der Waals surface area contributed by atoms with Gasteiger partial charge < -0.3 is 18.9 Å². The highest BCUT2D eigenvalue weighted by molar-refractivity contribution is 5.89. The lowest BCUT2D eigenvalue weighted by Crippen LogP contribution is -2.22. The van der Waals surface area contributed by atoms with Crippen molar-refractivity contribution in [1.82, 2.24) is 0 Å². The first-order chi connectivity index (χ1) is 12.7. The minimum absolute atomic E-state index is 0.230. The Bertz CT molecular complexity index is 704. The minimum Gasteiger partial charge on any atom is -0.465 e. The van der Waals surface area contributed by atoms with Gasteiger partial charge in [-0.15, -0.1) is 0 Å². The Morgan fingerprint density at radius 2 is 1.73 bits per heavy atom. The summed E-state index contributed by atoms with van der Waals surface area (Å²) in [5.41, 5.74) is 2.61. The van der Waals surface area contributed by atoms with Crippen LogP contribution in [-0.4, -0.2) is 38.7 Å². The number of ether oxygens (including phenoxy) is 4.